The molecule has 1 aromatic heterocycles. The Morgan fingerprint density at radius 3 is 2.71 bits per heavy atom. The smallest absolute Gasteiger partial charge is 0.254 e. The fraction of sp³-hybridized carbons (Fsp3) is 0.273. The molecule has 1 amide bonds. The molecule has 0 atom stereocenters. The molecule has 2 heterocycles. The summed E-state index contributed by atoms with van der Waals surface area (Å²) >= 11 is 0. The van der Waals surface area contributed by atoms with Crippen LogP contribution in [0.2, 0.25) is 0 Å². The van der Waals surface area contributed by atoms with E-state index in [1.807, 2.05) is 11.0 Å². The van der Waals surface area contributed by atoms with Gasteiger partial charge in [0.2, 0.25) is 0 Å². The molecule has 1 saturated heterocycles. The Bertz CT molecular complexity index is 1010. The van der Waals surface area contributed by atoms with Crippen LogP contribution < -0.4 is 0 Å². The zero-order valence-corrected chi connectivity index (χ0v) is 15.7. The number of amides is 1. The first-order valence-corrected chi connectivity index (χ1v) is 9.41. The number of halogens is 1. The van der Waals surface area contributed by atoms with Gasteiger partial charge in [-0.05, 0) is 49.6 Å². The van der Waals surface area contributed by atoms with Gasteiger partial charge in [-0.3, -0.25) is 9.89 Å². The lowest BCUT2D eigenvalue weighted by Crippen LogP contribution is -2.38. The second-order valence-electron chi connectivity index (χ2n) is 7.22. The molecule has 1 fully saturated rings. The molecule has 0 aliphatic carbocycles. The first kappa shape index (κ1) is 18.2. The van der Waals surface area contributed by atoms with Crippen molar-refractivity contribution < 1.29 is 14.3 Å². The van der Waals surface area contributed by atoms with Crippen molar-refractivity contribution in [1.29, 1.82) is 0 Å². The van der Waals surface area contributed by atoms with E-state index in [1.165, 1.54) is 12.1 Å². The van der Waals surface area contributed by atoms with Crippen LogP contribution in [0.1, 0.15) is 40.4 Å². The van der Waals surface area contributed by atoms with Crippen molar-refractivity contribution in [3.63, 3.8) is 0 Å². The Morgan fingerprint density at radius 1 is 1.21 bits per heavy atom. The van der Waals surface area contributed by atoms with Gasteiger partial charge in [0.1, 0.15) is 11.6 Å². The van der Waals surface area contributed by atoms with E-state index < -0.39 is 0 Å². The fourth-order valence-electron chi connectivity index (χ4n) is 3.89. The third-order valence-electron chi connectivity index (χ3n) is 5.53. The van der Waals surface area contributed by atoms with Crippen LogP contribution >= 0.6 is 0 Å². The standard InChI is InChI=1S/C22H22FN3O2/c1-14-18(6-3-7-20(14)27)22(28)26-10-8-15(9-11-26)21-19(13-24-25-21)16-4-2-5-17(23)12-16/h2-7,12-13,15,27H,8-11H2,1H3,(H,24,25). The summed E-state index contributed by atoms with van der Waals surface area (Å²) in [5.74, 6) is 0.0429. The minimum absolute atomic E-state index is 0.0539. The van der Waals surface area contributed by atoms with Gasteiger partial charge in [-0.15, -0.1) is 0 Å². The maximum Gasteiger partial charge on any atom is 0.254 e. The Hall–Kier alpha value is -3.15. The first-order chi connectivity index (χ1) is 13.5. The Kier molecular flexibility index (Phi) is 4.86. The number of piperidine rings is 1. The number of nitrogens with one attached hydrogen (secondary N) is 1. The molecular weight excluding hydrogens is 357 g/mol. The second kappa shape index (κ2) is 7.46. The van der Waals surface area contributed by atoms with Crippen molar-refractivity contribution in [1.82, 2.24) is 15.1 Å². The summed E-state index contributed by atoms with van der Waals surface area (Å²) in [7, 11) is 0. The molecule has 2 N–H and O–H groups in total. The van der Waals surface area contributed by atoms with Gasteiger partial charge in [-0.2, -0.15) is 5.10 Å². The molecule has 0 saturated carbocycles. The monoisotopic (exact) mass is 379 g/mol. The van der Waals surface area contributed by atoms with Crippen molar-refractivity contribution in [3.8, 4) is 16.9 Å². The van der Waals surface area contributed by atoms with Crippen LogP contribution in [-0.2, 0) is 0 Å². The molecule has 3 aromatic rings. The number of hydrogen-bond acceptors (Lipinski definition) is 3. The predicted molar refractivity (Wildman–Crippen MR) is 105 cm³/mol. The summed E-state index contributed by atoms with van der Waals surface area (Å²) in [4.78, 5) is 14.7. The second-order valence-corrected chi connectivity index (χ2v) is 7.22. The third-order valence-corrected chi connectivity index (χ3v) is 5.53. The van der Waals surface area contributed by atoms with Crippen LogP contribution in [0.25, 0.3) is 11.1 Å². The molecule has 1 aliphatic rings. The largest absolute Gasteiger partial charge is 0.508 e. The quantitative estimate of drug-likeness (QED) is 0.715. The van der Waals surface area contributed by atoms with Crippen molar-refractivity contribution in [2.45, 2.75) is 25.7 Å². The highest BCUT2D eigenvalue weighted by molar-refractivity contribution is 5.96. The number of aromatic amines is 1. The van der Waals surface area contributed by atoms with E-state index in [9.17, 15) is 14.3 Å². The minimum Gasteiger partial charge on any atom is -0.508 e. The molecule has 5 nitrogen and oxygen atoms in total. The van der Waals surface area contributed by atoms with Crippen LogP contribution in [0, 0.1) is 12.7 Å². The zero-order valence-electron chi connectivity index (χ0n) is 15.7. The van der Waals surface area contributed by atoms with Gasteiger partial charge in [-0.25, -0.2) is 4.39 Å². The highest BCUT2D eigenvalue weighted by Gasteiger charge is 2.28. The normalized spacial score (nSPS) is 15.0. The number of carbonyl (C=O) groups is 1. The van der Waals surface area contributed by atoms with E-state index in [0.29, 0.717) is 24.2 Å². The molecule has 1 aliphatic heterocycles. The molecule has 0 bridgehead atoms. The maximum atomic E-state index is 13.6. The number of benzene rings is 2. The first-order valence-electron chi connectivity index (χ1n) is 9.41. The minimum atomic E-state index is -0.272. The fourth-order valence-corrected chi connectivity index (χ4v) is 3.89. The van der Waals surface area contributed by atoms with Gasteiger partial charge in [0.25, 0.3) is 5.91 Å². The van der Waals surface area contributed by atoms with Gasteiger partial charge < -0.3 is 10.0 Å². The molecule has 0 spiro atoms. The number of phenolic OH excluding ortho intramolecular Hbond substituents is 1. The summed E-state index contributed by atoms with van der Waals surface area (Å²) in [5, 5.41) is 17.1. The molecule has 6 heteroatoms. The summed E-state index contributed by atoms with van der Waals surface area (Å²) < 4.78 is 13.6. The third kappa shape index (κ3) is 3.38. The lowest BCUT2D eigenvalue weighted by molar-refractivity contribution is 0.0711. The number of hydrogen-bond donors (Lipinski definition) is 2. The number of H-pyrrole nitrogens is 1. The molecule has 0 radical (unpaired) electrons. The topological polar surface area (TPSA) is 69.2 Å². The maximum absolute atomic E-state index is 13.6. The highest BCUT2D eigenvalue weighted by Crippen LogP contribution is 2.34. The number of phenols is 1. The zero-order chi connectivity index (χ0) is 19.7. The van der Waals surface area contributed by atoms with Crippen LogP contribution in [0.3, 0.4) is 0 Å². The number of aromatic hydroxyl groups is 1. The van der Waals surface area contributed by atoms with Crippen molar-refractivity contribution in [2.24, 2.45) is 0 Å². The number of carbonyl (C=O) groups excluding carboxylic acids is 1. The van der Waals surface area contributed by atoms with Crippen LogP contribution in [0.4, 0.5) is 4.39 Å². The van der Waals surface area contributed by atoms with E-state index in [1.54, 1.807) is 37.4 Å². The SMILES string of the molecule is Cc1c(O)cccc1C(=O)N1CCC(c2[nH]ncc2-c2cccc(F)c2)CC1. The molecule has 2 aromatic carbocycles. The lowest BCUT2D eigenvalue weighted by atomic mass is 9.89. The number of rotatable bonds is 3. The van der Waals surface area contributed by atoms with Crippen molar-refractivity contribution in [3.05, 3.63) is 71.3 Å². The van der Waals surface area contributed by atoms with E-state index in [0.717, 1.165) is 29.7 Å². The van der Waals surface area contributed by atoms with Crippen molar-refractivity contribution in [2.75, 3.05) is 13.1 Å². The average Bonchev–Trinajstić information content (AvgIpc) is 3.20. The van der Waals surface area contributed by atoms with E-state index in [-0.39, 0.29) is 23.4 Å². The van der Waals surface area contributed by atoms with Crippen LogP contribution in [0.15, 0.2) is 48.7 Å². The number of nitrogens with zero attached hydrogens (tertiary/aromatic N) is 2. The van der Waals surface area contributed by atoms with Gasteiger partial charge >= 0.3 is 0 Å². The highest BCUT2D eigenvalue weighted by atomic mass is 19.1. The van der Waals surface area contributed by atoms with Gasteiger partial charge in [-0.1, -0.05) is 18.2 Å². The Labute approximate surface area is 162 Å². The molecule has 144 valence electrons. The molecule has 0 unspecified atom stereocenters. The van der Waals surface area contributed by atoms with Gasteiger partial charge in [0.05, 0.1) is 6.20 Å². The summed E-state index contributed by atoms with van der Waals surface area (Å²) in [5.41, 5.74) is 3.86. The number of aromatic nitrogens is 2. The summed E-state index contributed by atoms with van der Waals surface area (Å²) in [6.45, 7) is 3.01. The molecular formula is C22H22FN3O2. The Morgan fingerprint density at radius 2 is 1.96 bits per heavy atom. The summed E-state index contributed by atoms with van der Waals surface area (Å²) in [6, 6.07) is 11.5. The Balaban J connectivity index is 1.49. The number of likely N-dealkylation sites (tertiary alicyclic amines) is 1. The van der Waals surface area contributed by atoms with Crippen LogP contribution in [-0.4, -0.2) is 39.2 Å². The van der Waals surface area contributed by atoms with E-state index in [2.05, 4.69) is 10.2 Å². The van der Waals surface area contributed by atoms with Gasteiger partial charge in [0.15, 0.2) is 0 Å². The van der Waals surface area contributed by atoms with E-state index in [4.69, 9.17) is 0 Å². The van der Waals surface area contributed by atoms with Gasteiger partial charge in [0, 0.05) is 41.4 Å². The summed E-state index contributed by atoms with van der Waals surface area (Å²) in [6.07, 6.45) is 3.33. The predicted octanol–water partition coefficient (Wildman–Crippen LogP) is 4.25. The van der Waals surface area contributed by atoms with E-state index >= 15 is 0 Å². The average molecular weight is 379 g/mol. The van der Waals surface area contributed by atoms with Crippen molar-refractivity contribution >= 4 is 5.91 Å². The lowest BCUT2D eigenvalue weighted by Gasteiger charge is -2.32. The van der Waals surface area contributed by atoms with Crippen LogP contribution in [0.5, 0.6) is 5.75 Å². The molecule has 4 rings (SSSR count). The molecule has 28 heavy (non-hydrogen) atoms.